The van der Waals surface area contributed by atoms with Crippen molar-refractivity contribution in [2.24, 2.45) is 5.10 Å². The van der Waals surface area contributed by atoms with Gasteiger partial charge in [-0.1, -0.05) is 51.8 Å². The van der Waals surface area contributed by atoms with Crippen LogP contribution in [0.25, 0.3) is 0 Å². The molecular weight excluding hydrogens is 468 g/mol. The third kappa shape index (κ3) is 6.61. The second-order valence-corrected chi connectivity index (χ2v) is 7.78. The Kier molecular flexibility index (Phi) is 7.88. The van der Waals surface area contributed by atoms with Crippen molar-refractivity contribution in [1.82, 2.24) is 5.43 Å². The monoisotopic (exact) mass is 486 g/mol. The molecule has 154 valence electrons. The number of hydrogen-bond acceptors (Lipinski definition) is 4. The first kappa shape index (κ1) is 21.9. The lowest BCUT2D eigenvalue weighted by Gasteiger charge is -2.11. The van der Waals surface area contributed by atoms with Gasteiger partial charge in [0.05, 0.1) is 19.7 Å². The zero-order valence-corrected chi connectivity index (χ0v) is 18.6. The van der Waals surface area contributed by atoms with Crippen molar-refractivity contribution in [1.29, 1.82) is 0 Å². The van der Waals surface area contributed by atoms with Crippen LogP contribution in [0.2, 0.25) is 5.02 Å². The van der Waals surface area contributed by atoms with Crippen molar-refractivity contribution in [2.45, 2.75) is 13.0 Å². The summed E-state index contributed by atoms with van der Waals surface area (Å²) in [5, 5.41) is 4.68. The Bertz CT molecular complexity index is 1040. The average molecular weight is 488 g/mol. The number of carbonyl (C=O) groups excluding carboxylic acids is 1. The van der Waals surface area contributed by atoms with Gasteiger partial charge in [-0.05, 0) is 59.2 Å². The van der Waals surface area contributed by atoms with Gasteiger partial charge in [-0.3, -0.25) is 4.79 Å². The van der Waals surface area contributed by atoms with Crippen LogP contribution in [-0.2, 0) is 17.8 Å². The number of carbonyl (C=O) groups is 1. The lowest BCUT2D eigenvalue weighted by Crippen LogP contribution is -2.19. The second kappa shape index (κ2) is 10.8. The number of methoxy groups -OCH3 is 1. The van der Waals surface area contributed by atoms with Crippen LogP contribution in [0.5, 0.6) is 11.5 Å². The number of amides is 1. The van der Waals surface area contributed by atoms with E-state index in [1.807, 2.05) is 54.6 Å². The van der Waals surface area contributed by atoms with Crippen LogP contribution in [0.15, 0.2) is 76.3 Å². The van der Waals surface area contributed by atoms with Crippen molar-refractivity contribution >= 4 is 39.7 Å². The van der Waals surface area contributed by atoms with Gasteiger partial charge in [-0.25, -0.2) is 5.43 Å². The number of hydrazone groups is 1. The van der Waals surface area contributed by atoms with Gasteiger partial charge in [-0.15, -0.1) is 0 Å². The molecule has 0 aliphatic carbocycles. The zero-order valence-electron chi connectivity index (χ0n) is 16.3. The van der Waals surface area contributed by atoms with Gasteiger partial charge in [0, 0.05) is 9.50 Å². The molecule has 0 radical (unpaired) electrons. The largest absolute Gasteiger partial charge is 0.493 e. The van der Waals surface area contributed by atoms with E-state index >= 15 is 0 Å². The van der Waals surface area contributed by atoms with Gasteiger partial charge >= 0.3 is 0 Å². The van der Waals surface area contributed by atoms with Crippen molar-refractivity contribution < 1.29 is 14.3 Å². The van der Waals surface area contributed by atoms with Crippen LogP contribution >= 0.6 is 27.5 Å². The first-order valence-corrected chi connectivity index (χ1v) is 10.3. The molecule has 0 saturated heterocycles. The van der Waals surface area contributed by atoms with Crippen molar-refractivity contribution in [3.05, 3.63) is 92.9 Å². The molecule has 0 aliphatic rings. The van der Waals surface area contributed by atoms with Crippen LogP contribution < -0.4 is 14.9 Å². The first-order chi connectivity index (χ1) is 14.5. The standard InChI is InChI=1S/C23H20BrClN2O3/c1-29-22-12-17(7-10-21(22)30-15-18-3-2-4-20(25)11-18)14-26-27-23(28)13-16-5-8-19(24)9-6-16/h2-12,14H,13,15H2,1H3,(H,27,28)/b26-14-. The number of halogens is 2. The Morgan fingerprint density at radius 1 is 1.07 bits per heavy atom. The van der Waals surface area contributed by atoms with E-state index in [0.717, 1.165) is 21.2 Å². The predicted molar refractivity (Wildman–Crippen MR) is 122 cm³/mol. The number of benzene rings is 3. The van der Waals surface area contributed by atoms with E-state index < -0.39 is 0 Å². The molecule has 0 aliphatic heterocycles. The van der Waals surface area contributed by atoms with Crippen LogP contribution in [0.3, 0.4) is 0 Å². The van der Waals surface area contributed by atoms with Gasteiger partial charge in [-0.2, -0.15) is 5.10 Å². The van der Waals surface area contributed by atoms with Gasteiger partial charge < -0.3 is 9.47 Å². The minimum atomic E-state index is -0.193. The maximum atomic E-state index is 12.0. The molecule has 7 heteroatoms. The molecule has 0 spiro atoms. The molecule has 3 aromatic carbocycles. The van der Waals surface area contributed by atoms with E-state index in [-0.39, 0.29) is 12.3 Å². The first-order valence-electron chi connectivity index (χ1n) is 9.15. The summed E-state index contributed by atoms with van der Waals surface area (Å²) in [7, 11) is 1.57. The van der Waals surface area contributed by atoms with Gasteiger partial charge in [0.1, 0.15) is 6.61 Å². The summed E-state index contributed by atoms with van der Waals surface area (Å²) in [6.45, 7) is 0.371. The fourth-order valence-electron chi connectivity index (χ4n) is 2.68. The van der Waals surface area contributed by atoms with Crippen LogP contribution in [0.4, 0.5) is 0 Å². The van der Waals surface area contributed by atoms with E-state index in [1.165, 1.54) is 0 Å². The van der Waals surface area contributed by atoms with E-state index in [1.54, 1.807) is 25.5 Å². The molecule has 0 atom stereocenters. The Labute approximate surface area is 188 Å². The lowest BCUT2D eigenvalue weighted by molar-refractivity contribution is -0.120. The maximum absolute atomic E-state index is 12.0. The predicted octanol–water partition coefficient (Wildman–Crippen LogP) is 5.38. The Morgan fingerprint density at radius 3 is 2.60 bits per heavy atom. The lowest BCUT2D eigenvalue weighted by atomic mass is 10.1. The zero-order chi connectivity index (χ0) is 21.3. The van der Waals surface area contributed by atoms with Crippen molar-refractivity contribution in [3.63, 3.8) is 0 Å². The Hall–Kier alpha value is -2.83. The van der Waals surface area contributed by atoms with Gasteiger partial charge in [0.2, 0.25) is 5.91 Å². The molecular formula is C23H20BrClN2O3. The highest BCUT2D eigenvalue weighted by molar-refractivity contribution is 9.10. The van der Waals surface area contributed by atoms with Crippen LogP contribution in [-0.4, -0.2) is 19.2 Å². The molecule has 0 unspecified atom stereocenters. The van der Waals surface area contributed by atoms with Gasteiger partial charge in [0.25, 0.3) is 0 Å². The Morgan fingerprint density at radius 2 is 1.87 bits per heavy atom. The molecule has 1 N–H and O–H groups in total. The topological polar surface area (TPSA) is 59.9 Å². The van der Waals surface area contributed by atoms with E-state index in [2.05, 4.69) is 26.5 Å². The molecule has 1 amide bonds. The fraction of sp³-hybridized carbons (Fsp3) is 0.130. The Balaban J connectivity index is 1.57. The summed E-state index contributed by atoms with van der Waals surface area (Å²) in [6.07, 6.45) is 1.81. The third-order valence-corrected chi connectivity index (χ3v) is 4.92. The summed E-state index contributed by atoms with van der Waals surface area (Å²) in [5.74, 6) is 0.984. The molecule has 30 heavy (non-hydrogen) atoms. The average Bonchev–Trinajstić information content (AvgIpc) is 2.74. The van der Waals surface area contributed by atoms with Crippen molar-refractivity contribution in [2.75, 3.05) is 7.11 Å². The molecule has 5 nitrogen and oxygen atoms in total. The molecule has 0 fully saturated rings. The molecule has 0 heterocycles. The van der Waals surface area contributed by atoms with Crippen LogP contribution in [0.1, 0.15) is 16.7 Å². The normalized spacial score (nSPS) is 10.8. The molecule has 0 saturated carbocycles. The quantitative estimate of drug-likeness (QED) is 0.343. The maximum Gasteiger partial charge on any atom is 0.244 e. The fourth-order valence-corrected chi connectivity index (χ4v) is 3.15. The van der Waals surface area contributed by atoms with E-state index in [0.29, 0.717) is 23.1 Å². The summed E-state index contributed by atoms with van der Waals surface area (Å²) in [5.41, 5.74) is 5.17. The van der Waals surface area contributed by atoms with Crippen molar-refractivity contribution in [3.8, 4) is 11.5 Å². The second-order valence-electron chi connectivity index (χ2n) is 6.43. The minimum Gasteiger partial charge on any atom is -0.493 e. The SMILES string of the molecule is COc1cc(/C=N\NC(=O)Cc2ccc(Br)cc2)ccc1OCc1cccc(Cl)c1. The third-order valence-electron chi connectivity index (χ3n) is 4.15. The highest BCUT2D eigenvalue weighted by Gasteiger charge is 2.06. The molecule has 3 aromatic rings. The summed E-state index contributed by atoms with van der Waals surface area (Å²) >= 11 is 9.37. The minimum absolute atomic E-state index is 0.193. The summed E-state index contributed by atoms with van der Waals surface area (Å²) in [6, 6.07) is 20.5. The highest BCUT2D eigenvalue weighted by atomic mass is 79.9. The van der Waals surface area contributed by atoms with E-state index in [4.69, 9.17) is 21.1 Å². The molecule has 3 rings (SSSR count). The molecule has 0 aromatic heterocycles. The summed E-state index contributed by atoms with van der Waals surface area (Å²) < 4.78 is 12.2. The smallest absolute Gasteiger partial charge is 0.244 e. The highest BCUT2D eigenvalue weighted by Crippen LogP contribution is 2.28. The number of hydrogen-bond donors (Lipinski definition) is 1. The number of rotatable bonds is 8. The summed E-state index contributed by atoms with van der Waals surface area (Å²) in [4.78, 5) is 12.0. The number of nitrogens with zero attached hydrogens (tertiary/aromatic N) is 1. The number of nitrogens with one attached hydrogen (secondary N) is 1. The van der Waals surface area contributed by atoms with Crippen LogP contribution in [0, 0.1) is 0 Å². The van der Waals surface area contributed by atoms with E-state index in [9.17, 15) is 4.79 Å². The number of ether oxygens (including phenoxy) is 2. The van der Waals surface area contributed by atoms with Gasteiger partial charge in [0.15, 0.2) is 11.5 Å². The molecule has 0 bridgehead atoms.